The number of quaternary nitrogens is 1. The monoisotopic (exact) mass is 398 g/mol. The molecule has 0 amide bonds. The van der Waals surface area contributed by atoms with Crippen LogP contribution in [-0.4, -0.2) is 36.5 Å². The molecular weight excluding hydrogens is 362 g/mol. The first-order valence-electron chi connectivity index (χ1n) is 10.6. The van der Waals surface area contributed by atoms with Crippen molar-refractivity contribution in [2.24, 2.45) is 0 Å². The first kappa shape index (κ1) is 21.7. The van der Waals surface area contributed by atoms with Crippen LogP contribution in [0.2, 0.25) is 0 Å². The lowest BCUT2D eigenvalue weighted by atomic mass is 9.77. The van der Waals surface area contributed by atoms with Crippen LogP contribution in [0, 0.1) is 0 Å². The second-order valence-corrected chi connectivity index (χ2v) is 10.3. The van der Waals surface area contributed by atoms with E-state index in [1.165, 1.54) is 10.5 Å². The summed E-state index contributed by atoms with van der Waals surface area (Å²) in [7, 11) is 0. The Bertz CT molecular complexity index is 820. The molecule has 1 aliphatic rings. The average molecular weight is 399 g/mol. The van der Waals surface area contributed by atoms with Crippen molar-refractivity contribution in [3.8, 4) is 11.5 Å². The van der Waals surface area contributed by atoms with Gasteiger partial charge in [0.25, 0.3) is 0 Å². The van der Waals surface area contributed by atoms with Gasteiger partial charge in [0, 0.05) is 22.3 Å². The minimum atomic E-state index is -0.177. The van der Waals surface area contributed by atoms with Crippen molar-refractivity contribution in [3.63, 3.8) is 0 Å². The van der Waals surface area contributed by atoms with E-state index in [-0.39, 0.29) is 22.6 Å². The van der Waals surface area contributed by atoms with Crippen LogP contribution in [-0.2, 0) is 15.6 Å². The molecule has 0 bridgehead atoms. The summed E-state index contributed by atoms with van der Waals surface area (Å²) < 4.78 is 5.61. The van der Waals surface area contributed by atoms with Crippen LogP contribution < -0.4 is 4.90 Å². The van der Waals surface area contributed by atoms with Crippen LogP contribution in [0.5, 0.6) is 11.5 Å². The molecule has 158 valence electrons. The van der Waals surface area contributed by atoms with Crippen molar-refractivity contribution in [2.75, 3.05) is 26.3 Å². The fourth-order valence-electron chi connectivity index (χ4n) is 4.26. The third-order valence-corrected chi connectivity index (χ3v) is 5.83. The van der Waals surface area contributed by atoms with Crippen molar-refractivity contribution in [1.82, 2.24) is 0 Å². The van der Waals surface area contributed by atoms with Gasteiger partial charge >= 0.3 is 0 Å². The second kappa shape index (κ2) is 8.00. The SMILES string of the molecule is CC(C)(C)c1cc(C(c2cccc(O)c2)[NH+]2CCOCC2)cc(C(C)(C)C)c1O. The maximum Gasteiger partial charge on any atom is 0.139 e. The van der Waals surface area contributed by atoms with Gasteiger partial charge in [-0.2, -0.15) is 0 Å². The quantitative estimate of drug-likeness (QED) is 0.739. The normalized spacial score (nSPS) is 17.3. The number of phenolic OH excluding ortho intramolecular Hbond substituents is 2. The fourth-order valence-corrected chi connectivity index (χ4v) is 4.26. The standard InChI is InChI=1S/C25H35NO3/c1-24(2,3)20-15-18(16-21(23(20)28)25(4,5)6)22(26-10-12-29-13-11-26)17-8-7-9-19(27)14-17/h7-9,14-16,22,27-28H,10-13H2,1-6H3/p+1. The zero-order chi connectivity index (χ0) is 21.4. The molecule has 1 aliphatic heterocycles. The van der Waals surface area contributed by atoms with E-state index in [4.69, 9.17) is 4.74 Å². The van der Waals surface area contributed by atoms with Gasteiger partial charge in [0.15, 0.2) is 0 Å². The molecule has 1 atom stereocenters. The molecule has 0 aliphatic carbocycles. The Balaban J connectivity index is 2.24. The third-order valence-electron chi connectivity index (χ3n) is 5.83. The number of hydrogen-bond acceptors (Lipinski definition) is 3. The Kier molecular flexibility index (Phi) is 5.98. The predicted octanol–water partition coefficient (Wildman–Crippen LogP) is 3.70. The highest BCUT2D eigenvalue weighted by Gasteiger charge is 2.33. The molecular formula is C25H36NO3+. The lowest BCUT2D eigenvalue weighted by Crippen LogP contribution is -3.14. The van der Waals surface area contributed by atoms with E-state index in [9.17, 15) is 10.2 Å². The molecule has 29 heavy (non-hydrogen) atoms. The Hall–Kier alpha value is -2.04. The molecule has 4 nitrogen and oxygen atoms in total. The van der Waals surface area contributed by atoms with E-state index in [1.807, 2.05) is 12.1 Å². The van der Waals surface area contributed by atoms with E-state index < -0.39 is 0 Å². The summed E-state index contributed by atoms with van der Waals surface area (Å²) in [6, 6.07) is 12.0. The number of phenols is 2. The minimum Gasteiger partial charge on any atom is -0.508 e. The molecule has 3 N–H and O–H groups in total. The molecule has 0 aromatic heterocycles. The van der Waals surface area contributed by atoms with Gasteiger partial charge in [-0.1, -0.05) is 53.7 Å². The van der Waals surface area contributed by atoms with Gasteiger partial charge in [0.05, 0.1) is 13.2 Å². The Morgan fingerprint density at radius 3 is 1.86 bits per heavy atom. The van der Waals surface area contributed by atoms with Crippen molar-refractivity contribution in [1.29, 1.82) is 0 Å². The zero-order valence-corrected chi connectivity index (χ0v) is 18.7. The fraction of sp³-hybridized carbons (Fsp3) is 0.520. The molecule has 4 heteroatoms. The highest BCUT2D eigenvalue weighted by molar-refractivity contribution is 5.51. The van der Waals surface area contributed by atoms with Crippen LogP contribution >= 0.6 is 0 Å². The van der Waals surface area contributed by atoms with Crippen LogP contribution in [0.4, 0.5) is 0 Å². The summed E-state index contributed by atoms with van der Waals surface area (Å²) in [5, 5.41) is 21.3. The first-order valence-corrected chi connectivity index (χ1v) is 10.6. The van der Waals surface area contributed by atoms with Crippen LogP contribution in [0.3, 0.4) is 0 Å². The predicted molar refractivity (Wildman–Crippen MR) is 117 cm³/mol. The summed E-state index contributed by atoms with van der Waals surface area (Å²) in [6.07, 6.45) is 0. The number of nitrogens with one attached hydrogen (secondary N) is 1. The topological polar surface area (TPSA) is 54.1 Å². The number of benzene rings is 2. The van der Waals surface area contributed by atoms with E-state index >= 15 is 0 Å². The van der Waals surface area contributed by atoms with Crippen molar-refractivity contribution in [3.05, 3.63) is 58.7 Å². The molecule has 2 aromatic rings. The number of aromatic hydroxyl groups is 2. The van der Waals surface area contributed by atoms with E-state index in [0.29, 0.717) is 5.75 Å². The molecule has 2 aromatic carbocycles. The highest BCUT2D eigenvalue weighted by Crippen LogP contribution is 2.41. The summed E-state index contributed by atoms with van der Waals surface area (Å²) in [4.78, 5) is 1.42. The summed E-state index contributed by atoms with van der Waals surface area (Å²) in [5.74, 6) is 0.686. The van der Waals surface area contributed by atoms with Gasteiger partial charge in [-0.15, -0.1) is 0 Å². The van der Waals surface area contributed by atoms with Crippen LogP contribution in [0.25, 0.3) is 0 Å². The largest absolute Gasteiger partial charge is 0.508 e. The maximum atomic E-state index is 11.1. The Labute approximate surface area is 175 Å². The first-order chi connectivity index (χ1) is 13.5. The maximum absolute atomic E-state index is 11.1. The van der Waals surface area contributed by atoms with Gasteiger partial charge < -0.3 is 19.8 Å². The number of ether oxygens (including phenoxy) is 1. The highest BCUT2D eigenvalue weighted by atomic mass is 16.5. The molecule has 1 heterocycles. The Morgan fingerprint density at radius 1 is 0.828 bits per heavy atom. The number of hydrogen-bond donors (Lipinski definition) is 3. The van der Waals surface area contributed by atoms with E-state index in [2.05, 4.69) is 59.7 Å². The molecule has 3 rings (SSSR count). The second-order valence-electron chi connectivity index (χ2n) is 10.3. The molecule has 1 unspecified atom stereocenters. The smallest absolute Gasteiger partial charge is 0.139 e. The van der Waals surface area contributed by atoms with Gasteiger partial charge in [-0.05, 0) is 35.1 Å². The van der Waals surface area contributed by atoms with E-state index in [1.54, 1.807) is 6.07 Å². The summed E-state index contributed by atoms with van der Waals surface area (Å²) >= 11 is 0. The van der Waals surface area contributed by atoms with Crippen molar-refractivity contribution < 1.29 is 19.8 Å². The minimum absolute atomic E-state index is 0.0776. The van der Waals surface area contributed by atoms with Gasteiger partial charge in [0.2, 0.25) is 0 Å². The Morgan fingerprint density at radius 2 is 1.38 bits per heavy atom. The zero-order valence-electron chi connectivity index (χ0n) is 18.7. The molecule has 1 fully saturated rings. The number of rotatable bonds is 3. The van der Waals surface area contributed by atoms with E-state index in [0.717, 1.165) is 43.0 Å². The van der Waals surface area contributed by atoms with Gasteiger partial charge in [-0.25, -0.2) is 0 Å². The van der Waals surface area contributed by atoms with Gasteiger partial charge in [-0.3, -0.25) is 0 Å². The lowest BCUT2D eigenvalue weighted by Gasteiger charge is -2.34. The molecule has 0 saturated carbocycles. The third kappa shape index (κ3) is 4.76. The lowest BCUT2D eigenvalue weighted by molar-refractivity contribution is -0.933. The molecule has 0 spiro atoms. The summed E-state index contributed by atoms with van der Waals surface area (Å²) in [6.45, 7) is 16.2. The van der Waals surface area contributed by atoms with Gasteiger partial charge in [0.1, 0.15) is 30.6 Å². The van der Waals surface area contributed by atoms with Crippen molar-refractivity contribution in [2.45, 2.75) is 58.4 Å². The molecule has 1 saturated heterocycles. The van der Waals surface area contributed by atoms with Crippen molar-refractivity contribution >= 4 is 0 Å². The molecule has 0 radical (unpaired) electrons. The van der Waals surface area contributed by atoms with Crippen LogP contribution in [0.15, 0.2) is 36.4 Å². The average Bonchev–Trinajstić information content (AvgIpc) is 2.62. The summed E-state index contributed by atoms with van der Waals surface area (Å²) in [5.41, 5.74) is 3.86. The number of morpholine rings is 1. The van der Waals surface area contributed by atoms with Crippen LogP contribution in [0.1, 0.15) is 69.8 Å².